The Bertz CT molecular complexity index is 236. The number of carbonyl (C=O) groups excluding carboxylic acids is 1. The van der Waals surface area contributed by atoms with E-state index in [4.69, 9.17) is 0 Å². The normalized spacial score (nSPS) is 34.5. The highest BCUT2D eigenvalue weighted by molar-refractivity contribution is 9.09. The van der Waals surface area contributed by atoms with Gasteiger partial charge in [0.1, 0.15) is 0 Å². The summed E-state index contributed by atoms with van der Waals surface area (Å²) in [6, 6.07) is 0.472. The summed E-state index contributed by atoms with van der Waals surface area (Å²) in [7, 11) is 0. The Hall–Kier alpha value is -0.0500. The highest BCUT2D eigenvalue weighted by Crippen LogP contribution is 2.33. The summed E-state index contributed by atoms with van der Waals surface area (Å²) in [5, 5.41) is 0. The highest BCUT2D eigenvalue weighted by Gasteiger charge is 2.32. The fourth-order valence-corrected chi connectivity index (χ4v) is 3.44. The second-order valence-corrected chi connectivity index (χ2v) is 6.24. The number of hydrogen-bond acceptors (Lipinski definition) is 1. The van der Waals surface area contributed by atoms with Gasteiger partial charge in [-0.05, 0) is 44.9 Å². The van der Waals surface area contributed by atoms with Gasteiger partial charge >= 0.3 is 0 Å². The third kappa shape index (κ3) is 2.55. The molecule has 86 valence electrons. The van der Waals surface area contributed by atoms with E-state index in [1.54, 1.807) is 0 Å². The number of rotatable bonds is 2. The lowest BCUT2D eigenvalue weighted by Crippen LogP contribution is -2.40. The second-order valence-electron chi connectivity index (χ2n) is 4.94. The molecule has 0 bridgehead atoms. The van der Waals surface area contributed by atoms with Crippen molar-refractivity contribution in [1.82, 2.24) is 4.90 Å². The maximum absolute atomic E-state index is 11.6. The van der Waals surface area contributed by atoms with Crippen molar-refractivity contribution < 1.29 is 4.79 Å². The summed E-state index contributed by atoms with van der Waals surface area (Å²) < 4.78 is 0. The number of likely N-dealkylation sites (tertiary alicyclic amines) is 1. The summed E-state index contributed by atoms with van der Waals surface area (Å²) in [5.41, 5.74) is 0. The zero-order chi connectivity index (χ0) is 10.8. The van der Waals surface area contributed by atoms with Crippen molar-refractivity contribution in [2.24, 2.45) is 5.92 Å². The van der Waals surface area contributed by atoms with Gasteiger partial charge in [0.25, 0.3) is 0 Å². The Kier molecular flexibility index (Phi) is 3.70. The number of carbonyl (C=O) groups is 1. The molecule has 0 radical (unpaired) electrons. The predicted molar refractivity (Wildman–Crippen MR) is 65.1 cm³/mol. The summed E-state index contributed by atoms with van der Waals surface area (Å²) in [6.45, 7) is 3.23. The van der Waals surface area contributed by atoms with E-state index in [0.717, 1.165) is 30.1 Å². The molecular weight excluding hydrogens is 254 g/mol. The molecule has 2 rings (SSSR count). The number of halogens is 1. The van der Waals surface area contributed by atoms with Crippen LogP contribution >= 0.6 is 15.9 Å². The first-order valence-electron chi connectivity index (χ1n) is 6.12. The number of alkyl halides is 1. The van der Waals surface area contributed by atoms with Crippen molar-refractivity contribution in [1.29, 1.82) is 0 Å². The minimum Gasteiger partial charge on any atom is -0.340 e. The van der Waals surface area contributed by atoms with E-state index in [0.29, 0.717) is 11.9 Å². The van der Waals surface area contributed by atoms with Crippen LogP contribution in [-0.2, 0) is 4.79 Å². The molecule has 0 aromatic rings. The Labute approximate surface area is 101 Å². The van der Waals surface area contributed by atoms with Gasteiger partial charge < -0.3 is 4.90 Å². The molecule has 1 saturated heterocycles. The summed E-state index contributed by atoms with van der Waals surface area (Å²) in [5.74, 6) is 1.12. The Morgan fingerprint density at radius 1 is 1.33 bits per heavy atom. The van der Waals surface area contributed by atoms with E-state index in [2.05, 4.69) is 27.8 Å². The first-order chi connectivity index (χ1) is 7.18. The van der Waals surface area contributed by atoms with E-state index in [1.165, 1.54) is 25.7 Å². The maximum atomic E-state index is 11.6. The largest absolute Gasteiger partial charge is 0.340 e. The molecule has 0 aromatic carbocycles. The molecule has 1 aliphatic carbocycles. The first-order valence-corrected chi connectivity index (χ1v) is 7.03. The zero-order valence-corrected chi connectivity index (χ0v) is 11.0. The molecule has 1 amide bonds. The third-order valence-electron chi connectivity index (χ3n) is 3.99. The minimum atomic E-state index is 0.378. The van der Waals surface area contributed by atoms with Crippen LogP contribution in [0, 0.1) is 5.92 Å². The number of hydrogen-bond donors (Lipinski definition) is 0. The molecule has 0 aromatic heterocycles. The predicted octanol–water partition coefficient (Wildman–Crippen LogP) is 2.95. The average molecular weight is 274 g/mol. The van der Waals surface area contributed by atoms with Crippen LogP contribution in [-0.4, -0.2) is 28.2 Å². The smallest absolute Gasteiger partial charge is 0.222 e. The van der Waals surface area contributed by atoms with Gasteiger partial charge in [0.05, 0.1) is 0 Å². The molecule has 1 aliphatic heterocycles. The fourth-order valence-electron chi connectivity index (χ4n) is 2.92. The van der Waals surface area contributed by atoms with Crippen LogP contribution in [0.3, 0.4) is 0 Å². The molecule has 1 saturated carbocycles. The van der Waals surface area contributed by atoms with Crippen molar-refractivity contribution in [3.8, 4) is 0 Å². The molecule has 2 fully saturated rings. The van der Waals surface area contributed by atoms with Crippen LogP contribution in [0.2, 0.25) is 0 Å². The zero-order valence-electron chi connectivity index (χ0n) is 9.42. The molecule has 1 atom stereocenters. The lowest BCUT2D eigenvalue weighted by Gasteiger charge is -2.35. The van der Waals surface area contributed by atoms with Crippen LogP contribution in [0.5, 0.6) is 0 Å². The number of nitrogens with zero attached hydrogens (tertiary/aromatic N) is 1. The molecule has 2 aliphatic rings. The molecule has 2 nitrogen and oxygen atoms in total. The quantitative estimate of drug-likeness (QED) is 0.709. The van der Waals surface area contributed by atoms with Crippen LogP contribution in [0.4, 0.5) is 0 Å². The topological polar surface area (TPSA) is 20.3 Å². The van der Waals surface area contributed by atoms with Crippen LogP contribution in [0.1, 0.15) is 45.4 Å². The fraction of sp³-hybridized carbons (Fsp3) is 0.917. The van der Waals surface area contributed by atoms with Gasteiger partial charge in [-0.15, -0.1) is 0 Å². The molecule has 0 N–H and O–H groups in total. The van der Waals surface area contributed by atoms with Gasteiger partial charge in [-0.2, -0.15) is 0 Å². The summed E-state index contributed by atoms with van der Waals surface area (Å²) >= 11 is 3.68. The van der Waals surface area contributed by atoms with Gasteiger partial charge in [-0.3, -0.25) is 4.79 Å². The van der Waals surface area contributed by atoms with Gasteiger partial charge in [0, 0.05) is 23.8 Å². The van der Waals surface area contributed by atoms with Gasteiger partial charge in [-0.25, -0.2) is 0 Å². The second kappa shape index (κ2) is 4.86. The van der Waals surface area contributed by atoms with E-state index in [-0.39, 0.29) is 0 Å². The van der Waals surface area contributed by atoms with Crippen molar-refractivity contribution in [3.63, 3.8) is 0 Å². The van der Waals surface area contributed by atoms with Gasteiger partial charge in [0.2, 0.25) is 5.91 Å². The first kappa shape index (κ1) is 11.4. The molecule has 1 heterocycles. The highest BCUT2D eigenvalue weighted by atomic mass is 79.9. The third-order valence-corrected chi connectivity index (χ3v) is 4.90. The minimum absolute atomic E-state index is 0.378. The Balaban J connectivity index is 1.90. The Morgan fingerprint density at radius 3 is 2.53 bits per heavy atom. The molecule has 15 heavy (non-hydrogen) atoms. The van der Waals surface area contributed by atoms with Crippen molar-refractivity contribution >= 4 is 21.8 Å². The lowest BCUT2D eigenvalue weighted by molar-refractivity contribution is -0.130. The summed E-state index contributed by atoms with van der Waals surface area (Å²) in [4.78, 5) is 14.5. The summed E-state index contributed by atoms with van der Waals surface area (Å²) in [6.07, 6.45) is 6.95. The van der Waals surface area contributed by atoms with E-state index >= 15 is 0 Å². The number of amides is 1. The maximum Gasteiger partial charge on any atom is 0.222 e. The van der Waals surface area contributed by atoms with Crippen LogP contribution in [0.25, 0.3) is 0 Å². The standard InChI is InChI=1S/C12H20BrNO/c1-9(14-8-2-3-12(14)15)10-4-6-11(13)7-5-10/h9-11H,2-8H2,1H3/t9-,10?,11?/m0/s1. The molecule has 0 unspecified atom stereocenters. The van der Waals surface area contributed by atoms with E-state index in [1.807, 2.05) is 0 Å². The lowest BCUT2D eigenvalue weighted by atomic mass is 9.84. The van der Waals surface area contributed by atoms with Crippen LogP contribution < -0.4 is 0 Å². The molecule has 3 heteroatoms. The van der Waals surface area contributed by atoms with Crippen LogP contribution in [0.15, 0.2) is 0 Å². The van der Waals surface area contributed by atoms with Gasteiger partial charge in [-0.1, -0.05) is 15.9 Å². The molecular formula is C12H20BrNO. The van der Waals surface area contributed by atoms with Gasteiger partial charge in [0.15, 0.2) is 0 Å². The Morgan fingerprint density at radius 2 is 2.00 bits per heavy atom. The van der Waals surface area contributed by atoms with Crippen molar-refractivity contribution in [2.75, 3.05) is 6.54 Å². The van der Waals surface area contributed by atoms with E-state index < -0.39 is 0 Å². The van der Waals surface area contributed by atoms with Crippen molar-refractivity contribution in [2.45, 2.75) is 56.3 Å². The SMILES string of the molecule is C[C@@H](C1CCC(Br)CC1)N1CCCC1=O. The van der Waals surface area contributed by atoms with E-state index in [9.17, 15) is 4.79 Å². The molecule has 0 spiro atoms. The average Bonchev–Trinajstić information content (AvgIpc) is 2.65. The monoisotopic (exact) mass is 273 g/mol. The van der Waals surface area contributed by atoms with Crippen molar-refractivity contribution in [3.05, 3.63) is 0 Å².